The van der Waals surface area contributed by atoms with Gasteiger partial charge in [-0.1, -0.05) is 86.6 Å². The van der Waals surface area contributed by atoms with E-state index in [1.807, 2.05) is 48.5 Å². The molecule has 4 aromatic rings. The van der Waals surface area contributed by atoms with E-state index in [1.54, 1.807) is 0 Å². The zero-order valence-corrected chi connectivity index (χ0v) is 15.4. The largest absolute Gasteiger partial charge is 0.707 e. The fraction of sp³-hybridized carbons (Fsp3) is 0.130. The molecule has 134 valence electrons. The molecule has 0 unspecified atom stereocenters. The van der Waals surface area contributed by atoms with E-state index in [1.165, 1.54) is 5.56 Å². The molecule has 0 aliphatic heterocycles. The van der Waals surface area contributed by atoms with Gasteiger partial charge in [-0.2, -0.15) is 0 Å². The van der Waals surface area contributed by atoms with Gasteiger partial charge in [0.15, 0.2) is 0 Å². The van der Waals surface area contributed by atoms with Gasteiger partial charge in [0.25, 0.3) is 0 Å². The Bertz CT molecular complexity index is 1040. The fourth-order valence-electron chi connectivity index (χ4n) is 3.67. The molecule has 4 aromatic carbocycles. The average molecular weight is 356 g/mol. The third-order valence-corrected chi connectivity index (χ3v) is 4.97. The van der Waals surface area contributed by atoms with Crippen molar-refractivity contribution < 1.29 is 14.7 Å². The summed E-state index contributed by atoms with van der Waals surface area (Å²) in [6.45, 7) is 4.37. The highest BCUT2D eigenvalue weighted by atomic mass is 16.6. The Morgan fingerprint density at radius 3 is 1.63 bits per heavy atom. The number of hydrogen-bond donors (Lipinski definition) is 2. The summed E-state index contributed by atoms with van der Waals surface area (Å²) in [6, 6.07) is 24.5. The minimum absolute atomic E-state index is 0.481. The lowest BCUT2D eigenvalue weighted by molar-refractivity contribution is 0.291. The predicted molar refractivity (Wildman–Crippen MR) is 112 cm³/mol. The van der Waals surface area contributed by atoms with Crippen molar-refractivity contribution in [3.63, 3.8) is 0 Å². The molecule has 0 amide bonds. The van der Waals surface area contributed by atoms with Gasteiger partial charge in [-0.05, 0) is 33.4 Å². The Morgan fingerprint density at radius 2 is 1.19 bits per heavy atom. The van der Waals surface area contributed by atoms with E-state index in [0.29, 0.717) is 11.7 Å². The van der Waals surface area contributed by atoms with Gasteiger partial charge in [0.2, 0.25) is 0 Å². The normalized spacial score (nSPS) is 11.3. The van der Waals surface area contributed by atoms with Gasteiger partial charge in [0.1, 0.15) is 5.75 Å². The van der Waals surface area contributed by atoms with Crippen LogP contribution in [0.4, 0.5) is 0 Å². The van der Waals surface area contributed by atoms with Crippen molar-refractivity contribution in [3.05, 3.63) is 78.4 Å². The number of rotatable bonds is 4. The van der Waals surface area contributed by atoms with Crippen LogP contribution in [-0.2, 0) is 0 Å². The molecule has 0 aromatic heterocycles. The lowest BCUT2D eigenvalue weighted by Gasteiger charge is -2.18. The van der Waals surface area contributed by atoms with E-state index < -0.39 is 7.32 Å². The van der Waals surface area contributed by atoms with Crippen molar-refractivity contribution in [2.75, 3.05) is 0 Å². The smallest absolute Gasteiger partial charge is 0.511 e. The maximum atomic E-state index is 9.43. The van der Waals surface area contributed by atoms with E-state index in [4.69, 9.17) is 4.65 Å². The van der Waals surface area contributed by atoms with Crippen LogP contribution in [0.2, 0.25) is 0 Å². The zero-order valence-electron chi connectivity index (χ0n) is 15.4. The second kappa shape index (κ2) is 7.07. The van der Waals surface area contributed by atoms with Crippen LogP contribution in [0.5, 0.6) is 5.75 Å². The zero-order chi connectivity index (χ0) is 19.0. The maximum absolute atomic E-state index is 9.43. The second-order valence-corrected chi connectivity index (χ2v) is 7.02. The second-order valence-electron chi connectivity index (χ2n) is 7.02. The highest BCUT2D eigenvalue weighted by Gasteiger charge is 2.20. The van der Waals surface area contributed by atoms with Crippen molar-refractivity contribution >= 4 is 28.9 Å². The van der Waals surface area contributed by atoms with Crippen molar-refractivity contribution in [1.82, 2.24) is 0 Å². The molecule has 0 heterocycles. The number of benzene rings is 4. The highest BCUT2D eigenvalue weighted by molar-refractivity contribution is 6.35. The first kappa shape index (κ1) is 17.6. The monoisotopic (exact) mass is 356 g/mol. The standard InChI is InChI=1S/C23H21BO3/c1-15(2)16-11-13-17(14-12-16)22-18-7-3-5-9-20(18)23(27-24(25)26)21-10-6-4-8-19(21)22/h3-15,25-26H,1-2H3. The maximum Gasteiger partial charge on any atom is 0.707 e. The van der Waals surface area contributed by atoms with Crippen LogP contribution in [0.15, 0.2) is 72.8 Å². The van der Waals surface area contributed by atoms with Crippen LogP contribution in [0.1, 0.15) is 25.3 Å². The van der Waals surface area contributed by atoms with Crippen molar-refractivity contribution in [3.8, 4) is 16.9 Å². The Morgan fingerprint density at radius 1 is 0.704 bits per heavy atom. The lowest BCUT2D eigenvalue weighted by atomic mass is 9.90. The first-order chi connectivity index (χ1) is 13.1. The summed E-state index contributed by atoms with van der Waals surface area (Å²) < 4.78 is 5.39. The Hall–Kier alpha value is -2.82. The molecule has 27 heavy (non-hydrogen) atoms. The molecule has 0 spiro atoms. The predicted octanol–water partition coefficient (Wildman–Crippen LogP) is 5.13. The van der Waals surface area contributed by atoms with Gasteiger partial charge in [-0.3, -0.25) is 0 Å². The fourth-order valence-corrected chi connectivity index (χ4v) is 3.67. The minimum atomic E-state index is -1.87. The molecule has 0 atom stereocenters. The molecule has 0 fully saturated rings. The van der Waals surface area contributed by atoms with Crippen LogP contribution in [0.3, 0.4) is 0 Å². The molecule has 0 saturated carbocycles. The number of fused-ring (bicyclic) bond motifs is 2. The van der Waals surface area contributed by atoms with Gasteiger partial charge >= 0.3 is 7.32 Å². The molecule has 0 bridgehead atoms. The summed E-state index contributed by atoms with van der Waals surface area (Å²) in [7, 11) is -1.87. The Labute approximate surface area is 159 Å². The molecule has 4 heteroatoms. The van der Waals surface area contributed by atoms with Crippen LogP contribution in [0.25, 0.3) is 32.7 Å². The lowest BCUT2D eigenvalue weighted by Crippen LogP contribution is -2.21. The van der Waals surface area contributed by atoms with Gasteiger partial charge < -0.3 is 14.7 Å². The molecule has 0 radical (unpaired) electrons. The van der Waals surface area contributed by atoms with Crippen LogP contribution < -0.4 is 4.65 Å². The third-order valence-electron chi connectivity index (χ3n) is 4.97. The van der Waals surface area contributed by atoms with E-state index >= 15 is 0 Å². The third kappa shape index (κ3) is 3.18. The minimum Gasteiger partial charge on any atom is -0.511 e. The topological polar surface area (TPSA) is 49.7 Å². The van der Waals surface area contributed by atoms with Gasteiger partial charge in [-0.15, -0.1) is 0 Å². The molecular formula is C23H21BO3. The van der Waals surface area contributed by atoms with Crippen LogP contribution >= 0.6 is 0 Å². The molecule has 2 N–H and O–H groups in total. The van der Waals surface area contributed by atoms with Crippen molar-refractivity contribution in [1.29, 1.82) is 0 Å². The summed E-state index contributed by atoms with van der Waals surface area (Å²) in [5.41, 5.74) is 3.55. The first-order valence-electron chi connectivity index (χ1n) is 9.13. The van der Waals surface area contributed by atoms with E-state index in [9.17, 15) is 10.0 Å². The summed E-state index contributed by atoms with van der Waals surface area (Å²) in [5.74, 6) is 0.966. The summed E-state index contributed by atoms with van der Waals surface area (Å²) >= 11 is 0. The van der Waals surface area contributed by atoms with Crippen molar-refractivity contribution in [2.45, 2.75) is 19.8 Å². The summed E-state index contributed by atoms with van der Waals surface area (Å²) in [6.07, 6.45) is 0. The van der Waals surface area contributed by atoms with Crippen molar-refractivity contribution in [2.24, 2.45) is 0 Å². The number of hydrogen-bond acceptors (Lipinski definition) is 3. The van der Waals surface area contributed by atoms with Crippen LogP contribution in [0, 0.1) is 0 Å². The van der Waals surface area contributed by atoms with E-state index in [0.717, 1.165) is 32.7 Å². The molecule has 0 saturated heterocycles. The first-order valence-corrected chi connectivity index (χ1v) is 9.13. The quantitative estimate of drug-likeness (QED) is 0.394. The molecule has 0 aliphatic rings. The summed E-state index contributed by atoms with van der Waals surface area (Å²) in [5, 5.41) is 22.6. The van der Waals surface area contributed by atoms with Gasteiger partial charge in [0.05, 0.1) is 0 Å². The summed E-state index contributed by atoms with van der Waals surface area (Å²) in [4.78, 5) is 0. The highest BCUT2D eigenvalue weighted by Crippen LogP contribution is 2.43. The van der Waals surface area contributed by atoms with Gasteiger partial charge in [-0.25, -0.2) is 0 Å². The van der Waals surface area contributed by atoms with Crippen LogP contribution in [-0.4, -0.2) is 17.4 Å². The molecular weight excluding hydrogens is 335 g/mol. The SMILES string of the molecule is CC(C)c1ccc(-c2c3ccccc3c(OB(O)O)c3ccccc23)cc1. The van der Waals surface area contributed by atoms with E-state index in [2.05, 4.69) is 38.1 Å². The molecule has 0 aliphatic carbocycles. The molecule has 3 nitrogen and oxygen atoms in total. The Balaban J connectivity index is 2.07. The van der Waals surface area contributed by atoms with E-state index in [-0.39, 0.29) is 0 Å². The average Bonchev–Trinajstić information content (AvgIpc) is 2.68. The molecule has 4 rings (SSSR count). The van der Waals surface area contributed by atoms with Gasteiger partial charge in [0, 0.05) is 10.8 Å². The Kier molecular flexibility index (Phi) is 4.60.